The highest BCUT2D eigenvalue weighted by Crippen LogP contribution is 2.35. The van der Waals surface area contributed by atoms with Gasteiger partial charge < -0.3 is 9.47 Å². The Morgan fingerprint density at radius 1 is 1.10 bits per heavy atom. The van der Waals surface area contributed by atoms with Crippen LogP contribution >= 0.6 is 11.3 Å². The summed E-state index contributed by atoms with van der Waals surface area (Å²) in [6.07, 6.45) is 1.85. The van der Waals surface area contributed by atoms with E-state index >= 15 is 0 Å². The molecule has 0 fully saturated rings. The topological polar surface area (TPSA) is 64.6 Å². The lowest BCUT2D eigenvalue weighted by molar-refractivity contribution is -0.127. The molecule has 31 heavy (non-hydrogen) atoms. The van der Waals surface area contributed by atoms with Crippen LogP contribution in [0.5, 0.6) is 11.5 Å². The van der Waals surface area contributed by atoms with E-state index in [4.69, 9.17) is 14.5 Å². The molecule has 1 aliphatic heterocycles. The van der Waals surface area contributed by atoms with Gasteiger partial charge in [-0.3, -0.25) is 14.7 Å². The van der Waals surface area contributed by atoms with Crippen LogP contribution in [0.3, 0.4) is 0 Å². The molecule has 156 valence electrons. The van der Waals surface area contributed by atoms with Crippen molar-refractivity contribution in [3.05, 3.63) is 78.1 Å². The minimum Gasteiger partial charge on any atom is -0.485 e. The van der Waals surface area contributed by atoms with E-state index in [-0.39, 0.29) is 12.5 Å². The fraction of sp³-hybridized carbons (Fsp3) is 0.208. The molecule has 1 atom stereocenters. The number of carbonyl (C=O) groups is 1. The summed E-state index contributed by atoms with van der Waals surface area (Å²) in [5, 5.41) is 0.633. The van der Waals surface area contributed by atoms with E-state index in [1.807, 2.05) is 54.6 Å². The standard InChI is InChI=1S/C24H21N3O3S/c1-2-16-8-7-12-21-22(16)26-24(31-21)27(14-17-9-5-6-13-25-17)23(28)20-15-29-18-10-3-4-11-19(18)30-20/h3-13,20H,2,14-15H2,1H3/t20-/m0/s1. The second kappa shape index (κ2) is 8.35. The summed E-state index contributed by atoms with van der Waals surface area (Å²) in [5.74, 6) is 1.02. The number of carbonyl (C=O) groups excluding carboxylic acids is 1. The van der Waals surface area contributed by atoms with Crippen molar-refractivity contribution in [1.82, 2.24) is 9.97 Å². The molecule has 2 aromatic carbocycles. The summed E-state index contributed by atoms with van der Waals surface area (Å²) in [4.78, 5) is 24.5. The lowest BCUT2D eigenvalue weighted by atomic mass is 10.1. The first-order chi connectivity index (χ1) is 15.2. The first kappa shape index (κ1) is 19.5. The van der Waals surface area contributed by atoms with E-state index in [9.17, 15) is 4.79 Å². The van der Waals surface area contributed by atoms with Gasteiger partial charge in [-0.2, -0.15) is 0 Å². The number of hydrogen-bond donors (Lipinski definition) is 0. The van der Waals surface area contributed by atoms with Crippen LogP contribution in [0.1, 0.15) is 18.2 Å². The first-order valence-corrected chi connectivity index (χ1v) is 11.0. The lowest BCUT2D eigenvalue weighted by Crippen LogP contribution is -2.46. The Kier molecular flexibility index (Phi) is 5.26. The normalized spacial score (nSPS) is 15.1. The Labute approximate surface area is 184 Å². The quantitative estimate of drug-likeness (QED) is 0.461. The predicted molar refractivity (Wildman–Crippen MR) is 121 cm³/mol. The summed E-state index contributed by atoms with van der Waals surface area (Å²) >= 11 is 1.50. The largest absolute Gasteiger partial charge is 0.485 e. The molecule has 0 N–H and O–H groups in total. The monoisotopic (exact) mass is 431 g/mol. The highest BCUT2D eigenvalue weighted by Gasteiger charge is 2.33. The Balaban J connectivity index is 1.51. The molecular weight excluding hydrogens is 410 g/mol. The Morgan fingerprint density at radius 3 is 2.74 bits per heavy atom. The van der Waals surface area contributed by atoms with E-state index in [0.29, 0.717) is 23.2 Å². The molecule has 0 saturated heterocycles. The van der Waals surface area contributed by atoms with Crippen LogP contribution in [0.2, 0.25) is 0 Å². The van der Waals surface area contributed by atoms with Crippen LogP contribution in [-0.2, 0) is 17.8 Å². The zero-order chi connectivity index (χ0) is 21.2. The van der Waals surface area contributed by atoms with Crippen molar-refractivity contribution in [2.75, 3.05) is 11.5 Å². The molecule has 0 spiro atoms. The van der Waals surface area contributed by atoms with Crippen molar-refractivity contribution in [1.29, 1.82) is 0 Å². The number of aryl methyl sites for hydroxylation is 1. The van der Waals surface area contributed by atoms with Crippen molar-refractivity contribution < 1.29 is 14.3 Å². The number of aromatic nitrogens is 2. The average Bonchev–Trinajstić information content (AvgIpc) is 3.26. The number of para-hydroxylation sites is 3. The summed E-state index contributed by atoms with van der Waals surface area (Å²) < 4.78 is 12.8. The molecule has 4 aromatic rings. The maximum absolute atomic E-state index is 13.6. The fourth-order valence-electron chi connectivity index (χ4n) is 3.60. The fourth-order valence-corrected chi connectivity index (χ4v) is 4.62. The van der Waals surface area contributed by atoms with Gasteiger partial charge in [0.05, 0.1) is 22.5 Å². The molecule has 0 radical (unpaired) electrons. The maximum Gasteiger partial charge on any atom is 0.273 e. The molecule has 0 bridgehead atoms. The number of ether oxygens (including phenoxy) is 2. The lowest BCUT2D eigenvalue weighted by Gasteiger charge is -2.29. The number of benzene rings is 2. The zero-order valence-corrected chi connectivity index (χ0v) is 17.8. The number of fused-ring (bicyclic) bond motifs is 2. The summed E-state index contributed by atoms with van der Waals surface area (Å²) in [6.45, 7) is 2.57. The summed E-state index contributed by atoms with van der Waals surface area (Å²) in [7, 11) is 0. The van der Waals surface area contributed by atoms with Crippen LogP contribution in [0.4, 0.5) is 5.13 Å². The molecule has 0 saturated carbocycles. The van der Waals surface area contributed by atoms with Crippen LogP contribution in [-0.4, -0.2) is 28.6 Å². The minimum absolute atomic E-state index is 0.152. The molecule has 7 heteroatoms. The number of anilines is 1. The second-order valence-corrected chi connectivity index (χ2v) is 8.23. The number of pyridine rings is 1. The molecule has 0 aliphatic carbocycles. The Hall–Kier alpha value is -3.45. The van der Waals surface area contributed by atoms with E-state index in [1.54, 1.807) is 11.1 Å². The van der Waals surface area contributed by atoms with Crippen LogP contribution in [0.15, 0.2) is 66.9 Å². The molecule has 2 aromatic heterocycles. The van der Waals surface area contributed by atoms with Gasteiger partial charge in [0.2, 0.25) is 6.10 Å². The second-order valence-electron chi connectivity index (χ2n) is 7.22. The number of amides is 1. The van der Waals surface area contributed by atoms with Crippen molar-refractivity contribution >= 4 is 32.6 Å². The van der Waals surface area contributed by atoms with Gasteiger partial charge in [-0.1, -0.05) is 48.6 Å². The highest BCUT2D eigenvalue weighted by atomic mass is 32.1. The molecule has 1 amide bonds. The van der Waals surface area contributed by atoms with Crippen LogP contribution in [0, 0.1) is 0 Å². The predicted octanol–water partition coefficient (Wildman–Crippen LogP) is 4.63. The smallest absolute Gasteiger partial charge is 0.273 e. The minimum atomic E-state index is -0.753. The Morgan fingerprint density at radius 2 is 1.94 bits per heavy atom. The first-order valence-electron chi connectivity index (χ1n) is 10.2. The van der Waals surface area contributed by atoms with E-state index < -0.39 is 6.10 Å². The van der Waals surface area contributed by atoms with E-state index in [1.165, 1.54) is 11.3 Å². The third-order valence-electron chi connectivity index (χ3n) is 5.20. The molecule has 1 aliphatic rings. The van der Waals surface area contributed by atoms with Crippen molar-refractivity contribution in [3.63, 3.8) is 0 Å². The number of nitrogens with zero attached hydrogens (tertiary/aromatic N) is 3. The number of rotatable bonds is 5. The van der Waals surface area contributed by atoms with Gasteiger partial charge in [-0.15, -0.1) is 0 Å². The van der Waals surface area contributed by atoms with Crippen molar-refractivity contribution in [3.8, 4) is 11.5 Å². The average molecular weight is 432 g/mol. The van der Waals surface area contributed by atoms with Crippen molar-refractivity contribution in [2.24, 2.45) is 0 Å². The zero-order valence-electron chi connectivity index (χ0n) is 17.0. The van der Waals surface area contributed by atoms with Crippen LogP contribution in [0.25, 0.3) is 10.2 Å². The van der Waals surface area contributed by atoms with Gasteiger partial charge in [0.25, 0.3) is 5.91 Å². The number of thiazole rings is 1. The Bertz CT molecular complexity index is 1230. The maximum atomic E-state index is 13.6. The van der Waals surface area contributed by atoms with Crippen molar-refractivity contribution in [2.45, 2.75) is 26.0 Å². The summed E-state index contributed by atoms with van der Waals surface area (Å²) in [6, 6.07) is 19.2. The van der Waals surface area contributed by atoms with E-state index in [2.05, 4.69) is 18.0 Å². The van der Waals surface area contributed by atoms with Crippen LogP contribution < -0.4 is 14.4 Å². The molecular formula is C24H21N3O3S. The van der Waals surface area contributed by atoms with E-state index in [0.717, 1.165) is 27.9 Å². The molecule has 3 heterocycles. The van der Waals surface area contributed by atoms with Gasteiger partial charge >= 0.3 is 0 Å². The molecule has 5 rings (SSSR count). The SMILES string of the molecule is CCc1cccc2sc(N(Cc3ccccn3)C(=O)[C@@H]3COc4ccccc4O3)nc12. The number of hydrogen-bond acceptors (Lipinski definition) is 6. The summed E-state index contributed by atoms with van der Waals surface area (Å²) in [5.41, 5.74) is 2.88. The molecule has 0 unspecified atom stereocenters. The molecule has 6 nitrogen and oxygen atoms in total. The third kappa shape index (κ3) is 3.84. The highest BCUT2D eigenvalue weighted by molar-refractivity contribution is 7.22. The van der Waals surface area contributed by atoms with Gasteiger partial charge in [-0.25, -0.2) is 4.98 Å². The van der Waals surface area contributed by atoms with Gasteiger partial charge in [0.1, 0.15) is 6.61 Å². The van der Waals surface area contributed by atoms with Gasteiger partial charge in [0, 0.05) is 6.20 Å². The third-order valence-corrected chi connectivity index (χ3v) is 6.24. The van der Waals surface area contributed by atoms with Gasteiger partial charge in [0.15, 0.2) is 16.6 Å². The van der Waals surface area contributed by atoms with Gasteiger partial charge in [-0.05, 0) is 42.3 Å².